The molecular formula is C13H16BrFN2O3. The van der Waals surface area contributed by atoms with Crippen molar-refractivity contribution in [2.75, 3.05) is 11.9 Å². The normalized spacial score (nSPS) is 22.6. The van der Waals surface area contributed by atoms with Crippen LogP contribution < -0.4 is 5.32 Å². The third-order valence-electron chi connectivity index (χ3n) is 3.57. The molecule has 0 radical (unpaired) electrons. The molecule has 0 aromatic heterocycles. The molecule has 1 aliphatic rings. The Morgan fingerprint density at radius 3 is 2.90 bits per heavy atom. The van der Waals surface area contributed by atoms with E-state index in [9.17, 15) is 19.6 Å². The number of anilines is 1. The number of aliphatic hydroxyl groups is 1. The van der Waals surface area contributed by atoms with Crippen molar-refractivity contribution in [3.05, 3.63) is 32.5 Å². The number of nitrogens with one attached hydrogen (secondary N) is 1. The van der Waals surface area contributed by atoms with Crippen molar-refractivity contribution in [1.29, 1.82) is 0 Å². The summed E-state index contributed by atoms with van der Waals surface area (Å²) < 4.78 is 13.5. The second-order valence-corrected chi connectivity index (χ2v) is 5.96. The van der Waals surface area contributed by atoms with Crippen molar-refractivity contribution in [2.45, 2.75) is 31.8 Å². The van der Waals surface area contributed by atoms with Crippen LogP contribution in [0.4, 0.5) is 15.8 Å². The molecule has 0 bridgehead atoms. The van der Waals surface area contributed by atoms with E-state index < -0.39 is 10.7 Å². The zero-order chi connectivity index (χ0) is 14.7. The van der Waals surface area contributed by atoms with Crippen LogP contribution in [-0.4, -0.2) is 22.7 Å². The number of halogens is 2. The Bertz CT molecular complexity index is 513. The Kier molecular flexibility index (Phi) is 4.93. The number of rotatable bonds is 4. The lowest BCUT2D eigenvalue weighted by molar-refractivity contribution is -0.384. The third-order valence-corrected chi connectivity index (χ3v) is 4.18. The highest BCUT2D eigenvalue weighted by molar-refractivity contribution is 9.10. The number of nitrogens with zero attached hydrogens (tertiary/aromatic N) is 1. The zero-order valence-corrected chi connectivity index (χ0v) is 12.4. The summed E-state index contributed by atoms with van der Waals surface area (Å²) in [6, 6.07) is 2.29. The van der Waals surface area contributed by atoms with Crippen LogP contribution in [0.1, 0.15) is 25.7 Å². The Morgan fingerprint density at radius 1 is 1.50 bits per heavy atom. The average molecular weight is 347 g/mol. The second-order valence-electron chi connectivity index (χ2n) is 5.11. The first-order valence-electron chi connectivity index (χ1n) is 6.52. The average Bonchev–Trinajstić information content (AvgIpc) is 2.39. The lowest BCUT2D eigenvalue weighted by Crippen LogP contribution is -2.25. The number of hydrogen-bond acceptors (Lipinski definition) is 4. The van der Waals surface area contributed by atoms with E-state index in [4.69, 9.17) is 0 Å². The van der Waals surface area contributed by atoms with Gasteiger partial charge in [0.25, 0.3) is 5.69 Å². The molecule has 1 aliphatic carbocycles. The Balaban J connectivity index is 2.08. The molecule has 110 valence electrons. The van der Waals surface area contributed by atoms with Gasteiger partial charge in [-0.25, -0.2) is 4.39 Å². The van der Waals surface area contributed by atoms with Gasteiger partial charge < -0.3 is 10.4 Å². The topological polar surface area (TPSA) is 75.4 Å². The van der Waals surface area contributed by atoms with Crippen molar-refractivity contribution in [3.63, 3.8) is 0 Å². The van der Waals surface area contributed by atoms with E-state index in [-0.39, 0.29) is 22.2 Å². The molecule has 7 heteroatoms. The predicted molar refractivity (Wildman–Crippen MR) is 77.2 cm³/mol. The number of nitro benzene ring substituents is 1. The van der Waals surface area contributed by atoms with Crippen molar-refractivity contribution >= 4 is 27.3 Å². The van der Waals surface area contributed by atoms with Gasteiger partial charge in [0.05, 0.1) is 21.6 Å². The number of nitro groups is 1. The molecule has 0 aliphatic heterocycles. The van der Waals surface area contributed by atoms with E-state index in [2.05, 4.69) is 21.2 Å². The van der Waals surface area contributed by atoms with Gasteiger partial charge in [-0.2, -0.15) is 0 Å². The molecule has 1 saturated carbocycles. The van der Waals surface area contributed by atoms with Gasteiger partial charge in [0.2, 0.25) is 0 Å². The van der Waals surface area contributed by atoms with Crippen molar-refractivity contribution in [3.8, 4) is 0 Å². The maximum absolute atomic E-state index is 13.4. The van der Waals surface area contributed by atoms with E-state index >= 15 is 0 Å². The van der Waals surface area contributed by atoms with Gasteiger partial charge in [0.1, 0.15) is 11.5 Å². The molecule has 1 aromatic rings. The number of aliphatic hydroxyl groups excluding tert-OH is 1. The molecule has 20 heavy (non-hydrogen) atoms. The van der Waals surface area contributed by atoms with E-state index in [0.717, 1.165) is 25.3 Å². The summed E-state index contributed by atoms with van der Waals surface area (Å²) in [6.45, 7) is 0.538. The molecular weight excluding hydrogens is 331 g/mol. The number of hydrogen-bond donors (Lipinski definition) is 2. The van der Waals surface area contributed by atoms with Gasteiger partial charge in [0, 0.05) is 6.54 Å². The summed E-state index contributed by atoms with van der Waals surface area (Å²) in [5.41, 5.74) is 0.0189. The molecule has 2 unspecified atom stereocenters. The molecule has 1 aromatic carbocycles. The molecule has 2 atom stereocenters. The second kappa shape index (κ2) is 6.49. The Morgan fingerprint density at radius 2 is 2.25 bits per heavy atom. The maximum atomic E-state index is 13.4. The quantitative estimate of drug-likeness (QED) is 0.646. The van der Waals surface area contributed by atoms with Gasteiger partial charge in [-0.1, -0.05) is 6.42 Å². The summed E-state index contributed by atoms with van der Waals surface area (Å²) in [6.07, 6.45) is 3.18. The minimum Gasteiger partial charge on any atom is -0.393 e. The van der Waals surface area contributed by atoms with E-state index in [1.165, 1.54) is 6.07 Å². The fourth-order valence-corrected chi connectivity index (χ4v) is 2.87. The van der Waals surface area contributed by atoms with Crippen LogP contribution in [-0.2, 0) is 0 Å². The van der Waals surface area contributed by atoms with Crippen molar-refractivity contribution < 1.29 is 14.4 Å². The first-order valence-corrected chi connectivity index (χ1v) is 7.32. The van der Waals surface area contributed by atoms with E-state index in [1.54, 1.807) is 0 Å². The summed E-state index contributed by atoms with van der Waals surface area (Å²) in [5.74, 6) is -0.377. The summed E-state index contributed by atoms with van der Waals surface area (Å²) in [4.78, 5) is 10.3. The first kappa shape index (κ1) is 15.2. The molecule has 0 saturated heterocycles. The first-order chi connectivity index (χ1) is 9.47. The molecule has 2 rings (SSSR count). The highest BCUT2D eigenvalue weighted by Crippen LogP contribution is 2.32. The van der Waals surface area contributed by atoms with Gasteiger partial charge in [-0.15, -0.1) is 0 Å². The van der Waals surface area contributed by atoms with E-state index in [0.29, 0.717) is 18.7 Å². The largest absolute Gasteiger partial charge is 0.393 e. The van der Waals surface area contributed by atoms with Gasteiger partial charge in [0.15, 0.2) is 0 Å². The molecule has 0 heterocycles. The van der Waals surface area contributed by atoms with Crippen LogP contribution >= 0.6 is 15.9 Å². The monoisotopic (exact) mass is 346 g/mol. The predicted octanol–water partition coefficient (Wildman–Crippen LogP) is 3.46. The van der Waals surface area contributed by atoms with Crippen LogP contribution in [0.25, 0.3) is 0 Å². The highest BCUT2D eigenvalue weighted by atomic mass is 79.9. The Hall–Kier alpha value is -1.21. The molecule has 0 spiro atoms. The minimum atomic E-state index is -0.657. The fraction of sp³-hybridized carbons (Fsp3) is 0.538. The Labute approximate surface area is 124 Å². The lowest BCUT2D eigenvalue weighted by Gasteiger charge is -2.26. The minimum absolute atomic E-state index is 0.189. The molecule has 1 fully saturated rings. The maximum Gasteiger partial charge on any atom is 0.295 e. The zero-order valence-electron chi connectivity index (χ0n) is 10.8. The smallest absolute Gasteiger partial charge is 0.295 e. The summed E-state index contributed by atoms with van der Waals surface area (Å²) in [7, 11) is 0. The fourth-order valence-electron chi connectivity index (χ4n) is 2.53. The SMILES string of the molecule is O=[N+]([O-])c1cc(F)c(Br)cc1NCC1CCCC(O)C1. The van der Waals surface area contributed by atoms with Crippen LogP contribution in [0.2, 0.25) is 0 Å². The lowest BCUT2D eigenvalue weighted by atomic mass is 9.87. The van der Waals surface area contributed by atoms with Gasteiger partial charge in [-0.05, 0) is 47.2 Å². The van der Waals surface area contributed by atoms with Gasteiger partial charge >= 0.3 is 0 Å². The van der Waals surface area contributed by atoms with Crippen LogP contribution in [0.15, 0.2) is 16.6 Å². The highest BCUT2D eigenvalue weighted by Gasteiger charge is 2.22. The van der Waals surface area contributed by atoms with Crippen LogP contribution in [0.5, 0.6) is 0 Å². The van der Waals surface area contributed by atoms with E-state index in [1.807, 2.05) is 0 Å². The number of benzene rings is 1. The van der Waals surface area contributed by atoms with Crippen molar-refractivity contribution in [2.24, 2.45) is 5.92 Å². The molecule has 5 nitrogen and oxygen atoms in total. The summed E-state index contributed by atoms with van der Waals surface area (Å²) in [5, 5.41) is 23.5. The standard InChI is InChI=1S/C13H16BrFN2O3/c14-10-5-12(13(17(19)20)6-11(10)15)16-7-8-2-1-3-9(18)4-8/h5-6,8-9,16,18H,1-4,7H2. The summed E-state index contributed by atoms with van der Waals surface area (Å²) >= 11 is 3.03. The van der Waals surface area contributed by atoms with Crippen molar-refractivity contribution in [1.82, 2.24) is 0 Å². The molecule has 2 N–H and O–H groups in total. The van der Waals surface area contributed by atoms with Gasteiger partial charge in [-0.3, -0.25) is 10.1 Å². The molecule has 0 amide bonds. The van der Waals surface area contributed by atoms with Crippen LogP contribution in [0, 0.1) is 21.8 Å². The van der Waals surface area contributed by atoms with Crippen LogP contribution in [0.3, 0.4) is 0 Å². The third kappa shape index (κ3) is 3.67.